The van der Waals surface area contributed by atoms with Crippen LogP contribution in [0.25, 0.3) is 5.65 Å². The van der Waals surface area contributed by atoms with Gasteiger partial charge < -0.3 is 9.72 Å². The van der Waals surface area contributed by atoms with E-state index in [1.165, 1.54) is 29.9 Å². The summed E-state index contributed by atoms with van der Waals surface area (Å²) >= 11 is 0. The smallest absolute Gasteiger partial charge is 0.137 e. The van der Waals surface area contributed by atoms with Crippen molar-refractivity contribution in [1.29, 1.82) is 0 Å². The number of aromatic nitrogens is 2. The zero-order chi connectivity index (χ0) is 11.1. The summed E-state index contributed by atoms with van der Waals surface area (Å²) in [6.07, 6.45) is 2.47. The van der Waals surface area contributed by atoms with Crippen molar-refractivity contribution in [2.24, 2.45) is 0 Å². The molecule has 3 nitrogen and oxygen atoms in total. The first kappa shape index (κ1) is 9.85. The topological polar surface area (TPSA) is 29.3 Å². The van der Waals surface area contributed by atoms with Crippen LogP contribution in [0.1, 0.15) is 36.0 Å². The van der Waals surface area contributed by atoms with Gasteiger partial charge in [-0.1, -0.05) is 6.07 Å². The largest absolute Gasteiger partial charge is 0.309 e. The van der Waals surface area contributed by atoms with E-state index in [1.807, 2.05) is 0 Å². The Kier molecular flexibility index (Phi) is 2.21. The van der Waals surface area contributed by atoms with Crippen LogP contribution in [0.15, 0.2) is 18.2 Å². The molecule has 2 aromatic heterocycles. The van der Waals surface area contributed by atoms with Gasteiger partial charge in [0, 0.05) is 11.4 Å². The number of pyridine rings is 1. The van der Waals surface area contributed by atoms with Crippen LogP contribution in [-0.2, 0) is 0 Å². The highest BCUT2D eigenvalue weighted by Crippen LogP contribution is 2.26. The van der Waals surface area contributed by atoms with E-state index in [4.69, 9.17) is 4.98 Å². The lowest BCUT2D eigenvalue weighted by Crippen LogP contribution is -2.14. The summed E-state index contributed by atoms with van der Waals surface area (Å²) in [6.45, 7) is 5.42. The molecule has 0 radical (unpaired) electrons. The molecule has 3 rings (SSSR count). The average molecular weight is 215 g/mol. The molecule has 0 bridgehead atoms. The molecule has 1 saturated heterocycles. The van der Waals surface area contributed by atoms with Gasteiger partial charge in [0.25, 0.3) is 0 Å². The third-order valence-corrected chi connectivity index (χ3v) is 3.50. The quantitative estimate of drug-likeness (QED) is 0.791. The molecule has 0 aliphatic carbocycles. The molecule has 3 heteroatoms. The van der Waals surface area contributed by atoms with Gasteiger partial charge in [-0.05, 0) is 45.4 Å². The summed E-state index contributed by atoms with van der Waals surface area (Å²) in [5.74, 6) is 0. The maximum absolute atomic E-state index is 4.76. The highest BCUT2D eigenvalue weighted by atomic mass is 15.1. The van der Waals surface area contributed by atoms with Crippen LogP contribution >= 0.6 is 0 Å². The van der Waals surface area contributed by atoms with Crippen LogP contribution in [0.5, 0.6) is 0 Å². The normalized spacial score (nSPS) is 20.8. The van der Waals surface area contributed by atoms with Gasteiger partial charge in [-0.15, -0.1) is 0 Å². The van der Waals surface area contributed by atoms with Gasteiger partial charge in [-0.3, -0.25) is 0 Å². The molecule has 1 aliphatic heterocycles. The van der Waals surface area contributed by atoms with Crippen LogP contribution in [0.4, 0.5) is 0 Å². The monoisotopic (exact) mass is 215 g/mol. The lowest BCUT2D eigenvalue weighted by Gasteiger charge is -2.08. The first-order valence-corrected chi connectivity index (χ1v) is 5.95. The van der Waals surface area contributed by atoms with E-state index in [2.05, 4.69) is 41.8 Å². The second kappa shape index (κ2) is 3.59. The number of aryl methyl sites for hydroxylation is 2. The molecule has 1 fully saturated rings. The Morgan fingerprint density at radius 3 is 2.94 bits per heavy atom. The molecular formula is C13H17N3. The van der Waals surface area contributed by atoms with E-state index >= 15 is 0 Å². The molecule has 0 saturated carbocycles. The minimum atomic E-state index is 0.458. The number of hydrogen-bond acceptors (Lipinski definition) is 2. The number of fused-ring (bicyclic) bond motifs is 1. The van der Waals surface area contributed by atoms with Crippen LogP contribution in [0, 0.1) is 13.8 Å². The molecular weight excluding hydrogens is 198 g/mol. The Balaban J connectivity index is 2.19. The first-order valence-electron chi connectivity index (χ1n) is 5.95. The van der Waals surface area contributed by atoms with Crippen LogP contribution < -0.4 is 5.32 Å². The third kappa shape index (κ3) is 1.35. The summed E-state index contributed by atoms with van der Waals surface area (Å²) in [6, 6.07) is 6.74. The van der Waals surface area contributed by atoms with Gasteiger partial charge >= 0.3 is 0 Å². The lowest BCUT2D eigenvalue weighted by atomic mass is 10.1. The fraction of sp³-hybridized carbons (Fsp3) is 0.462. The van der Waals surface area contributed by atoms with Crippen molar-refractivity contribution < 1.29 is 0 Å². The summed E-state index contributed by atoms with van der Waals surface area (Å²) in [5.41, 5.74) is 4.84. The second-order valence-corrected chi connectivity index (χ2v) is 4.59. The number of nitrogens with one attached hydrogen (secondary N) is 1. The van der Waals surface area contributed by atoms with Crippen molar-refractivity contribution in [2.75, 3.05) is 6.54 Å². The van der Waals surface area contributed by atoms with E-state index in [0.717, 1.165) is 12.2 Å². The predicted octanol–water partition coefficient (Wildman–Crippen LogP) is 2.38. The minimum absolute atomic E-state index is 0.458. The zero-order valence-corrected chi connectivity index (χ0v) is 9.83. The number of hydrogen-bond donors (Lipinski definition) is 1. The van der Waals surface area contributed by atoms with Crippen LogP contribution in [0.3, 0.4) is 0 Å². The Morgan fingerprint density at radius 1 is 1.38 bits per heavy atom. The fourth-order valence-corrected chi connectivity index (χ4v) is 2.69. The van der Waals surface area contributed by atoms with Gasteiger partial charge in [-0.2, -0.15) is 0 Å². The molecule has 16 heavy (non-hydrogen) atoms. The molecule has 1 aliphatic rings. The van der Waals surface area contributed by atoms with Crippen molar-refractivity contribution in [3.05, 3.63) is 35.3 Å². The maximum Gasteiger partial charge on any atom is 0.137 e. The number of rotatable bonds is 1. The van der Waals surface area contributed by atoms with Gasteiger partial charge in [0.2, 0.25) is 0 Å². The first-order chi connectivity index (χ1) is 7.77. The number of nitrogens with zero attached hydrogens (tertiary/aromatic N) is 2. The Labute approximate surface area is 95.5 Å². The Hall–Kier alpha value is -1.35. The maximum atomic E-state index is 4.76. The highest BCUT2D eigenvalue weighted by molar-refractivity contribution is 5.45. The molecule has 84 valence electrons. The van der Waals surface area contributed by atoms with E-state index in [0.29, 0.717) is 6.04 Å². The van der Waals surface area contributed by atoms with Crippen molar-refractivity contribution in [3.63, 3.8) is 0 Å². The van der Waals surface area contributed by atoms with Crippen LogP contribution in [-0.4, -0.2) is 15.9 Å². The van der Waals surface area contributed by atoms with Crippen molar-refractivity contribution in [2.45, 2.75) is 32.7 Å². The Morgan fingerprint density at radius 2 is 2.25 bits per heavy atom. The molecule has 3 heterocycles. The van der Waals surface area contributed by atoms with Crippen molar-refractivity contribution >= 4 is 5.65 Å². The van der Waals surface area contributed by atoms with Gasteiger partial charge in [0.15, 0.2) is 0 Å². The standard InChI is InChI=1S/C13H17N3/c1-9-5-3-7-12-15-13(10(2)16(9)12)11-6-4-8-14-11/h3,5,7,11,14H,4,6,8H2,1-2H3. The van der Waals surface area contributed by atoms with Gasteiger partial charge in [-0.25, -0.2) is 4.98 Å². The van der Waals surface area contributed by atoms with Crippen molar-refractivity contribution in [3.8, 4) is 0 Å². The summed E-state index contributed by atoms with van der Waals surface area (Å²) in [7, 11) is 0. The highest BCUT2D eigenvalue weighted by Gasteiger charge is 2.22. The third-order valence-electron chi connectivity index (χ3n) is 3.50. The second-order valence-electron chi connectivity index (χ2n) is 4.59. The molecule has 1 N–H and O–H groups in total. The summed E-state index contributed by atoms with van der Waals surface area (Å²) in [4.78, 5) is 4.76. The van der Waals surface area contributed by atoms with E-state index in [9.17, 15) is 0 Å². The number of imidazole rings is 1. The van der Waals surface area contributed by atoms with E-state index in [1.54, 1.807) is 0 Å². The van der Waals surface area contributed by atoms with Crippen molar-refractivity contribution in [1.82, 2.24) is 14.7 Å². The molecule has 2 aromatic rings. The predicted molar refractivity (Wildman–Crippen MR) is 64.6 cm³/mol. The molecule has 0 spiro atoms. The molecule has 1 atom stereocenters. The van der Waals surface area contributed by atoms with E-state index in [-0.39, 0.29) is 0 Å². The van der Waals surface area contributed by atoms with Gasteiger partial charge in [0.1, 0.15) is 5.65 Å². The summed E-state index contributed by atoms with van der Waals surface area (Å²) < 4.78 is 2.25. The molecule has 0 amide bonds. The van der Waals surface area contributed by atoms with Crippen LogP contribution in [0.2, 0.25) is 0 Å². The fourth-order valence-electron chi connectivity index (χ4n) is 2.69. The summed E-state index contributed by atoms with van der Waals surface area (Å²) in [5, 5.41) is 3.52. The molecule has 1 unspecified atom stereocenters. The van der Waals surface area contributed by atoms with Gasteiger partial charge in [0.05, 0.1) is 11.7 Å². The lowest BCUT2D eigenvalue weighted by molar-refractivity contribution is 0.627. The molecule has 0 aromatic carbocycles. The Bertz CT molecular complexity index is 521. The SMILES string of the molecule is Cc1cccc2nc(C3CCCN3)c(C)n12. The average Bonchev–Trinajstić information content (AvgIpc) is 2.86. The van der Waals surface area contributed by atoms with E-state index < -0.39 is 0 Å². The zero-order valence-electron chi connectivity index (χ0n) is 9.83. The minimum Gasteiger partial charge on any atom is -0.309 e.